The highest BCUT2D eigenvalue weighted by molar-refractivity contribution is 5.22. The van der Waals surface area contributed by atoms with Crippen molar-refractivity contribution < 1.29 is 0 Å². The predicted octanol–water partition coefficient (Wildman–Crippen LogP) is 4.62. The lowest BCUT2D eigenvalue weighted by Gasteiger charge is -2.35. The van der Waals surface area contributed by atoms with Crippen molar-refractivity contribution in [3.8, 4) is 0 Å². The van der Waals surface area contributed by atoms with E-state index in [1.807, 2.05) is 0 Å². The molecule has 0 radical (unpaired) electrons. The van der Waals surface area contributed by atoms with Gasteiger partial charge in [-0.05, 0) is 23.8 Å². The highest BCUT2D eigenvalue weighted by Crippen LogP contribution is 2.35. The van der Waals surface area contributed by atoms with Gasteiger partial charge in [0, 0.05) is 12.0 Å². The Bertz CT molecular complexity index is 384. The fourth-order valence-corrected chi connectivity index (χ4v) is 3.99. The summed E-state index contributed by atoms with van der Waals surface area (Å²) in [7, 11) is 0. The fourth-order valence-electron chi connectivity index (χ4n) is 3.99. The second-order valence-electron chi connectivity index (χ2n) is 6.83. The minimum absolute atomic E-state index is 0.394. The van der Waals surface area contributed by atoms with Gasteiger partial charge in [0.25, 0.3) is 0 Å². The molecule has 1 aromatic rings. The summed E-state index contributed by atoms with van der Waals surface area (Å²) in [4.78, 5) is 0. The van der Waals surface area contributed by atoms with Gasteiger partial charge in [-0.2, -0.15) is 0 Å². The van der Waals surface area contributed by atoms with Gasteiger partial charge in [0.2, 0.25) is 0 Å². The van der Waals surface area contributed by atoms with Crippen LogP contribution in [0.1, 0.15) is 70.3 Å². The van der Waals surface area contributed by atoms with Crippen LogP contribution in [-0.4, -0.2) is 6.04 Å². The molecule has 1 saturated carbocycles. The maximum absolute atomic E-state index is 5.97. The number of hydrogen-bond acceptors (Lipinski definition) is 2. The Morgan fingerprint density at radius 3 is 2.38 bits per heavy atom. The van der Waals surface area contributed by atoms with Crippen molar-refractivity contribution in [2.24, 2.45) is 17.7 Å². The van der Waals surface area contributed by atoms with E-state index in [9.17, 15) is 0 Å². The molecule has 3 unspecified atom stereocenters. The van der Waals surface area contributed by atoms with Gasteiger partial charge in [-0.25, -0.2) is 0 Å². The SMILES string of the molecule is CCC(C)C(c1ccccc1)C(CC1CCCCC1)NN. The quantitative estimate of drug-likeness (QED) is 0.567. The van der Waals surface area contributed by atoms with E-state index in [4.69, 9.17) is 5.84 Å². The van der Waals surface area contributed by atoms with Gasteiger partial charge in [0.15, 0.2) is 0 Å². The van der Waals surface area contributed by atoms with Crippen LogP contribution in [0.25, 0.3) is 0 Å². The Labute approximate surface area is 130 Å². The third kappa shape index (κ3) is 4.55. The van der Waals surface area contributed by atoms with E-state index in [-0.39, 0.29) is 0 Å². The van der Waals surface area contributed by atoms with E-state index in [0.29, 0.717) is 17.9 Å². The molecule has 0 aromatic heterocycles. The number of nitrogens with one attached hydrogen (secondary N) is 1. The first kappa shape index (κ1) is 16.5. The molecule has 2 nitrogen and oxygen atoms in total. The third-order valence-corrected chi connectivity index (χ3v) is 5.40. The van der Waals surface area contributed by atoms with E-state index < -0.39 is 0 Å². The monoisotopic (exact) mass is 288 g/mol. The molecule has 0 spiro atoms. The first-order valence-corrected chi connectivity index (χ1v) is 8.77. The molecule has 0 saturated heterocycles. The number of hydrogen-bond donors (Lipinski definition) is 2. The lowest BCUT2D eigenvalue weighted by Crippen LogP contribution is -2.43. The van der Waals surface area contributed by atoms with Crippen molar-refractivity contribution in [3.63, 3.8) is 0 Å². The standard InChI is InChI=1S/C19H32N2/c1-3-15(2)19(17-12-8-5-9-13-17)18(21-20)14-16-10-6-4-7-11-16/h5,8-9,12-13,15-16,18-19,21H,3-4,6-7,10-11,14,20H2,1-2H3. The van der Waals surface area contributed by atoms with E-state index in [0.717, 1.165) is 5.92 Å². The fraction of sp³-hybridized carbons (Fsp3) is 0.684. The van der Waals surface area contributed by atoms with Crippen LogP contribution >= 0.6 is 0 Å². The van der Waals surface area contributed by atoms with E-state index in [1.165, 1.54) is 50.5 Å². The summed E-state index contributed by atoms with van der Waals surface area (Å²) in [5, 5.41) is 0. The Hall–Kier alpha value is -0.860. The number of nitrogens with two attached hydrogens (primary N) is 1. The molecule has 1 aromatic carbocycles. The minimum atomic E-state index is 0.394. The van der Waals surface area contributed by atoms with Crippen LogP contribution in [0.15, 0.2) is 30.3 Å². The number of hydrazine groups is 1. The zero-order valence-corrected chi connectivity index (χ0v) is 13.7. The maximum atomic E-state index is 5.97. The lowest BCUT2D eigenvalue weighted by atomic mass is 9.75. The Kier molecular flexibility index (Phi) is 6.72. The Morgan fingerprint density at radius 2 is 1.81 bits per heavy atom. The van der Waals surface area contributed by atoms with Crippen LogP contribution in [-0.2, 0) is 0 Å². The minimum Gasteiger partial charge on any atom is -0.271 e. The molecule has 2 heteroatoms. The molecule has 1 aliphatic rings. The van der Waals surface area contributed by atoms with Gasteiger partial charge >= 0.3 is 0 Å². The van der Waals surface area contributed by atoms with Crippen LogP contribution in [0.3, 0.4) is 0 Å². The molecule has 0 amide bonds. The second kappa shape index (κ2) is 8.55. The van der Waals surface area contributed by atoms with E-state index >= 15 is 0 Å². The first-order valence-electron chi connectivity index (χ1n) is 8.77. The van der Waals surface area contributed by atoms with Crippen molar-refractivity contribution in [2.75, 3.05) is 0 Å². The van der Waals surface area contributed by atoms with Crippen molar-refractivity contribution in [3.05, 3.63) is 35.9 Å². The normalized spacial score (nSPS) is 20.9. The molecule has 3 N–H and O–H groups in total. The summed E-state index contributed by atoms with van der Waals surface area (Å²) in [5.41, 5.74) is 4.60. The topological polar surface area (TPSA) is 38.0 Å². The molecular formula is C19H32N2. The first-order chi connectivity index (χ1) is 10.3. The molecule has 21 heavy (non-hydrogen) atoms. The van der Waals surface area contributed by atoms with Crippen LogP contribution in [0.4, 0.5) is 0 Å². The zero-order chi connectivity index (χ0) is 15.1. The molecule has 1 aliphatic carbocycles. The highest BCUT2D eigenvalue weighted by Gasteiger charge is 2.29. The van der Waals surface area contributed by atoms with Gasteiger partial charge in [0.05, 0.1) is 0 Å². The molecule has 1 fully saturated rings. The Morgan fingerprint density at radius 1 is 1.14 bits per heavy atom. The van der Waals surface area contributed by atoms with Gasteiger partial charge < -0.3 is 0 Å². The third-order valence-electron chi connectivity index (χ3n) is 5.40. The average molecular weight is 288 g/mol. The number of rotatable bonds is 7. The molecular weight excluding hydrogens is 256 g/mol. The van der Waals surface area contributed by atoms with Gasteiger partial charge in [-0.1, -0.05) is 82.7 Å². The summed E-state index contributed by atoms with van der Waals surface area (Å²) in [6.45, 7) is 4.65. The van der Waals surface area contributed by atoms with E-state index in [1.54, 1.807) is 0 Å². The highest BCUT2D eigenvalue weighted by atomic mass is 15.2. The largest absolute Gasteiger partial charge is 0.271 e. The molecule has 2 rings (SSSR count). The number of benzene rings is 1. The summed E-state index contributed by atoms with van der Waals surface area (Å²) in [6.07, 6.45) is 9.43. The predicted molar refractivity (Wildman–Crippen MR) is 90.9 cm³/mol. The molecule has 0 aliphatic heterocycles. The van der Waals surface area contributed by atoms with Crippen LogP contribution in [0.5, 0.6) is 0 Å². The van der Waals surface area contributed by atoms with Crippen LogP contribution in [0.2, 0.25) is 0 Å². The van der Waals surface area contributed by atoms with Gasteiger partial charge in [-0.3, -0.25) is 11.3 Å². The molecule has 3 atom stereocenters. The summed E-state index contributed by atoms with van der Waals surface area (Å²) in [5.74, 6) is 7.99. The van der Waals surface area contributed by atoms with Gasteiger partial charge in [0.1, 0.15) is 0 Å². The second-order valence-corrected chi connectivity index (χ2v) is 6.83. The van der Waals surface area contributed by atoms with Crippen LogP contribution in [0, 0.1) is 11.8 Å². The zero-order valence-electron chi connectivity index (χ0n) is 13.7. The Balaban J connectivity index is 2.12. The molecule has 118 valence electrons. The van der Waals surface area contributed by atoms with Crippen LogP contribution < -0.4 is 11.3 Å². The van der Waals surface area contributed by atoms with Crippen molar-refractivity contribution >= 4 is 0 Å². The average Bonchev–Trinajstić information content (AvgIpc) is 2.56. The molecule has 0 heterocycles. The molecule has 0 bridgehead atoms. The maximum Gasteiger partial charge on any atom is 0.0284 e. The van der Waals surface area contributed by atoms with Crippen molar-refractivity contribution in [1.82, 2.24) is 5.43 Å². The van der Waals surface area contributed by atoms with Gasteiger partial charge in [-0.15, -0.1) is 0 Å². The summed E-state index contributed by atoms with van der Waals surface area (Å²) >= 11 is 0. The summed E-state index contributed by atoms with van der Waals surface area (Å²) in [6, 6.07) is 11.3. The van der Waals surface area contributed by atoms with E-state index in [2.05, 4.69) is 49.6 Å². The lowest BCUT2D eigenvalue weighted by molar-refractivity contribution is 0.249. The van der Waals surface area contributed by atoms with Crippen molar-refractivity contribution in [2.45, 2.75) is 70.8 Å². The smallest absolute Gasteiger partial charge is 0.0284 e. The van der Waals surface area contributed by atoms with Crippen molar-refractivity contribution in [1.29, 1.82) is 0 Å². The summed E-state index contributed by atoms with van der Waals surface area (Å²) < 4.78 is 0.